The van der Waals surface area contributed by atoms with E-state index in [1.54, 1.807) is 49.3 Å². The Bertz CT molecular complexity index is 1380. The summed E-state index contributed by atoms with van der Waals surface area (Å²) in [5.41, 5.74) is 3.37. The first-order chi connectivity index (χ1) is 17.9. The molecule has 1 saturated heterocycles. The van der Waals surface area contributed by atoms with Crippen LogP contribution in [-0.4, -0.2) is 69.5 Å². The van der Waals surface area contributed by atoms with E-state index in [1.165, 1.54) is 16.2 Å². The molecule has 0 radical (unpaired) electrons. The third-order valence-corrected chi connectivity index (χ3v) is 8.15. The number of nitrogens with zero attached hydrogens (tertiary/aromatic N) is 2. The second-order valence-electron chi connectivity index (χ2n) is 8.93. The minimum atomic E-state index is -0.212. The number of fused-ring (bicyclic) bond motifs is 3. The van der Waals surface area contributed by atoms with Gasteiger partial charge in [0.2, 0.25) is 0 Å². The largest absolute Gasteiger partial charge is 0.493 e. The summed E-state index contributed by atoms with van der Waals surface area (Å²) in [7, 11) is 3.25. The molecule has 37 heavy (non-hydrogen) atoms. The highest BCUT2D eigenvalue weighted by Crippen LogP contribution is 2.42. The summed E-state index contributed by atoms with van der Waals surface area (Å²) >= 11 is 7.86. The molecule has 2 aromatic carbocycles. The molecule has 2 aliphatic rings. The van der Waals surface area contributed by atoms with Gasteiger partial charge < -0.3 is 25.2 Å². The molecule has 10 heteroatoms. The van der Waals surface area contributed by atoms with Crippen molar-refractivity contribution in [1.82, 2.24) is 15.5 Å². The molecule has 1 aromatic heterocycles. The van der Waals surface area contributed by atoms with E-state index < -0.39 is 0 Å². The Morgan fingerprint density at radius 2 is 1.84 bits per heavy atom. The van der Waals surface area contributed by atoms with Crippen molar-refractivity contribution < 1.29 is 19.1 Å². The van der Waals surface area contributed by atoms with Crippen LogP contribution in [0.25, 0.3) is 10.4 Å². The molecule has 192 valence electrons. The number of thiophene rings is 1. The molecule has 8 nitrogen and oxygen atoms in total. The molecular weight excluding hydrogens is 512 g/mol. The summed E-state index contributed by atoms with van der Waals surface area (Å²) in [4.78, 5) is 43.4. The van der Waals surface area contributed by atoms with Crippen LogP contribution in [0.5, 0.6) is 5.75 Å². The van der Waals surface area contributed by atoms with Crippen molar-refractivity contribution in [2.24, 2.45) is 0 Å². The minimum absolute atomic E-state index is 0.0733. The van der Waals surface area contributed by atoms with Gasteiger partial charge in [-0.2, -0.15) is 0 Å². The monoisotopic (exact) mass is 538 g/mol. The third-order valence-electron chi connectivity index (χ3n) is 6.63. The van der Waals surface area contributed by atoms with Crippen LogP contribution >= 0.6 is 22.9 Å². The number of anilines is 1. The summed E-state index contributed by atoms with van der Waals surface area (Å²) in [5, 5.41) is 6.26. The molecule has 0 spiro atoms. The van der Waals surface area contributed by atoms with Gasteiger partial charge in [0.25, 0.3) is 17.7 Å². The molecule has 5 rings (SSSR count). The smallest absolute Gasteiger partial charge is 0.268 e. The zero-order valence-electron chi connectivity index (χ0n) is 20.6. The number of hydrogen-bond acceptors (Lipinski definition) is 6. The number of ether oxygens (including phenoxy) is 1. The maximum Gasteiger partial charge on any atom is 0.268 e. The standard InChI is InChI=1S/C27H27ClN4O4S/c1-29-25(33)17-3-5-19-22(14-17)36-12-7-16-15-23(37-24(16)19)27(35)31(2)21-13-18(4-6-20(21)28)26(34)32-10-8-30-9-11-32/h3-6,13-15,30H,7-12H2,1-2H3,(H,29,33). The van der Waals surface area contributed by atoms with Crippen LogP contribution in [0.2, 0.25) is 5.02 Å². The zero-order valence-corrected chi connectivity index (χ0v) is 22.2. The van der Waals surface area contributed by atoms with Crippen LogP contribution in [-0.2, 0) is 6.42 Å². The molecule has 2 N–H and O–H groups in total. The lowest BCUT2D eigenvalue weighted by Crippen LogP contribution is -2.46. The van der Waals surface area contributed by atoms with Crippen molar-refractivity contribution in [3.05, 3.63) is 69.1 Å². The number of carbonyl (C=O) groups excluding carboxylic acids is 3. The molecule has 2 aliphatic heterocycles. The normalized spacial score (nSPS) is 14.6. The van der Waals surface area contributed by atoms with Gasteiger partial charge in [0.15, 0.2) is 0 Å². The summed E-state index contributed by atoms with van der Waals surface area (Å²) in [5.74, 6) is 0.150. The van der Waals surface area contributed by atoms with Gasteiger partial charge in [-0.15, -0.1) is 11.3 Å². The Kier molecular flexibility index (Phi) is 7.19. The van der Waals surface area contributed by atoms with Crippen LogP contribution in [0.15, 0.2) is 42.5 Å². The zero-order chi connectivity index (χ0) is 26.1. The van der Waals surface area contributed by atoms with Crippen molar-refractivity contribution in [1.29, 1.82) is 0 Å². The fourth-order valence-corrected chi connectivity index (χ4v) is 6.02. The van der Waals surface area contributed by atoms with Gasteiger partial charge in [-0.25, -0.2) is 0 Å². The molecule has 0 saturated carbocycles. The van der Waals surface area contributed by atoms with Gasteiger partial charge >= 0.3 is 0 Å². The second kappa shape index (κ2) is 10.5. The fraction of sp³-hybridized carbons (Fsp3) is 0.296. The number of piperazine rings is 1. The lowest BCUT2D eigenvalue weighted by Gasteiger charge is -2.28. The number of nitrogens with one attached hydrogen (secondary N) is 2. The average molecular weight is 539 g/mol. The Hall–Kier alpha value is -3.40. The van der Waals surface area contributed by atoms with E-state index in [1.807, 2.05) is 12.1 Å². The van der Waals surface area contributed by atoms with E-state index in [0.29, 0.717) is 58.6 Å². The van der Waals surface area contributed by atoms with Gasteiger partial charge in [-0.1, -0.05) is 11.6 Å². The first-order valence-electron chi connectivity index (χ1n) is 12.1. The second-order valence-corrected chi connectivity index (χ2v) is 10.4. The molecule has 1 fully saturated rings. The summed E-state index contributed by atoms with van der Waals surface area (Å²) < 4.78 is 5.92. The minimum Gasteiger partial charge on any atom is -0.493 e. The quantitative estimate of drug-likeness (QED) is 0.529. The summed E-state index contributed by atoms with van der Waals surface area (Å²) in [6, 6.07) is 12.3. The van der Waals surface area contributed by atoms with Gasteiger partial charge in [-0.05, 0) is 48.0 Å². The Morgan fingerprint density at radius 3 is 2.59 bits per heavy atom. The van der Waals surface area contributed by atoms with E-state index in [2.05, 4.69) is 10.6 Å². The van der Waals surface area contributed by atoms with Crippen LogP contribution in [0, 0.1) is 0 Å². The highest BCUT2D eigenvalue weighted by Gasteiger charge is 2.26. The lowest BCUT2D eigenvalue weighted by molar-refractivity contribution is 0.0735. The van der Waals surface area contributed by atoms with E-state index in [4.69, 9.17) is 16.3 Å². The SMILES string of the molecule is CNC(=O)c1ccc2c(c1)OCCc1cc(C(=O)N(C)c3cc(C(=O)N4CCNCC4)ccc3Cl)sc1-2. The number of amides is 3. The van der Waals surface area contributed by atoms with E-state index in [9.17, 15) is 14.4 Å². The molecule has 0 atom stereocenters. The first kappa shape index (κ1) is 25.3. The van der Waals surface area contributed by atoms with E-state index >= 15 is 0 Å². The third kappa shape index (κ3) is 4.94. The predicted molar refractivity (Wildman–Crippen MR) is 145 cm³/mol. The van der Waals surface area contributed by atoms with Gasteiger partial charge in [0.05, 0.1) is 22.2 Å². The maximum atomic E-state index is 13.6. The van der Waals surface area contributed by atoms with Crippen molar-refractivity contribution >= 4 is 46.3 Å². The number of benzene rings is 2. The maximum absolute atomic E-state index is 13.6. The molecule has 0 unspecified atom stereocenters. The lowest BCUT2D eigenvalue weighted by atomic mass is 10.0. The first-order valence-corrected chi connectivity index (χ1v) is 13.3. The number of halogens is 1. The van der Waals surface area contributed by atoms with Crippen molar-refractivity contribution in [2.45, 2.75) is 6.42 Å². The van der Waals surface area contributed by atoms with Gasteiger partial charge in [-0.3, -0.25) is 14.4 Å². The molecule has 3 heterocycles. The molecule has 0 aliphatic carbocycles. The molecule has 3 aromatic rings. The topological polar surface area (TPSA) is 91.0 Å². The average Bonchev–Trinajstić information content (AvgIpc) is 3.28. The number of hydrogen-bond donors (Lipinski definition) is 2. The Balaban J connectivity index is 1.43. The van der Waals surface area contributed by atoms with Crippen LogP contribution in [0.1, 0.15) is 36.0 Å². The van der Waals surface area contributed by atoms with E-state index in [0.717, 1.165) is 29.1 Å². The molecule has 0 bridgehead atoms. The molecule has 3 amide bonds. The number of rotatable bonds is 4. The fourth-order valence-electron chi connectivity index (χ4n) is 4.56. The highest BCUT2D eigenvalue weighted by atomic mass is 35.5. The van der Waals surface area contributed by atoms with Crippen LogP contribution in [0.3, 0.4) is 0 Å². The van der Waals surface area contributed by atoms with Crippen molar-refractivity contribution in [2.75, 3.05) is 51.8 Å². The van der Waals surface area contributed by atoms with Gasteiger partial charge in [0.1, 0.15) is 5.75 Å². The summed E-state index contributed by atoms with van der Waals surface area (Å²) in [6.45, 7) is 3.24. The molecular formula is C27H27ClN4O4S. The van der Waals surface area contributed by atoms with Crippen LogP contribution in [0.4, 0.5) is 5.69 Å². The Morgan fingerprint density at radius 1 is 1.08 bits per heavy atom. The predicted octanol–water partition coefficient (Wildman–Crippen LogP) is 3.69. The summed E-state index contributed by atoms with van der Waals surface area (Å²) in [6.07, 6.45) is 0.641. The van der Waals surface area contributed by atoms with Gasteiger partial charge in [0, 0.05) is 68.3 Å². The van der Waals surface area contributed by atoms with Crippen molar-refractivity contribution in [3.8, 4) is 16.2 Å². The highest BCUT2D eigenvalue weighted by molar-refractivity contribution is 7.17. The Labute approximate surface area is 224 Å². The van der Waals surface area contributed by atoms with Crippen molar-refractivity contribution in [3.63, 3.8) is 0 Å². The van der Waals surface area contributed by atoms with Crippen LogP contribution < -0.4 is 20.3 Å². The van der Waals surface area contributed by atoms with E-state index in [-0.39, 0.29) is 17.7 Å². The number of carbonyl (C=O) groups is 3.